The molecule has 28 heavy (non-hydrogen) atoms. The summed E-state index contributed by atoms with van der Waals surface area (Å²) in [6.45, 7) is 4.40. The molecule has 2 N–H and O–H groups in total. The van der Waals surface area contributed by atoms with Crippen LogP contribution in [0.25, 0.3) is 5.57 Å². The first kappa shape index (κ1) is 19.1. The number of imide groups is 1. The number of carbonyl (C=O) groups excluding carboxylic acids is 2. The lowest BCUT2D eigenvalue weighted by Gasteiger charge is -2.26. The lowest BCUT2D eigenvalue weighted by molar-refractivity contribution is -0.114. The van der Waals surface area contributed by atoms with Crippen molar-refractivity contribution in [2.24, 2.45) is 0 Å². The second kappa shape index (κ2) is 8.42. The Morgan fingerprint density at radius 3 is 2.54 bits per heavy atom. The number of nitrogens with one attached hydrogen (secondary N) is 2. The van der Waals surface area contributed by atoms with E-state index in [1.807, 2.05) is 24.3 Å². The maximum atomic E-state index is 12.3. The van der Waals surface area contributed by atoms with Crippen molar-refractivity contribution in [3.63, 3.8) is 0 Å². The van der Waals surface area contributed by atoms with Crippen molar-refractivity contribution in [2.45, 2.75) is 6.54 Å². The van der Waals surface area contributed by atoms with E-state index in [1.54, 1.807) is 12.3 Å². The molecule has 144 valence electrons. The summed E-state index contributed by atoms with van der Waals surface area (Å²) >= 11 is 2.17. The standard InChI is InChI=1S/C21H20IN3O3/c22-15-3-6-17-18(11-15)19(21(27)24-20(17)26)12-23-16-4-1-14(2-5-16)13-25-7-9-28-10-8-25/h1-6,11-12,23H,7-10,13H2,(H,24,26,27). The number of fused-ring (bicyclic) bond motifs is 1. The van der Waals surface area contributed by atoms with E-state index < -0.39 is 5.91 Å². The van der Waals surface area contributed by atoms with E-state index in [4.69, 9.17) is 4.74 Å². The van der Waals surface area contributed by atoms with Crippen molar-refractivity contribution < 1.29 is 14.3 Å². The minimum atomic E-state index is -0.393. The van der Waals surface area contributed by atoms with Crippen molar-refractivity contribution >= 4 is 45.7 Å². The van der Waals surface area contributed by atoms with E-state index >= 15 is 0 Å². The monoisotopic (exact) mass is 489 g/mol. The van der Waals surface area contributed by atoms with E-state index in [2.05, 4.69) is 50.3 Å². The third-order valence-corrected chi connectivity index (χ3v) is 5.51. The van der Waals surface area contributed by atoms with Gasteiger partial charge in [-0.05, 0) is 58.5 Å². The fraction of sp³-hybridized carbons (Fsp3) is 0.238. The van der Waals surface area contributed by atoms with E-state index in [1.165, 1.54) is 5.56 Å². The van der Waals surface area contributed by atoms with Crippen LogP contribution < -0.4 is 10.6 Å². The fourth-order valence-corrected chi connectivity index (χ4v) is 3.81. The Balaban J connectivity index is 1.49. The van der Waals surface area contributed by atoms with E-state index in [-0.39, 0.29) is 5.91 Å². The maximum Gasteiger partial charge on any atom is 0.260 e. The summed E-state index contributed by atoms with van der Waals surface area (Å²) < 4.78 is 6.35. The number of hydrogen-bond donors (Lipinski definition) is 2. The van der Waals surface area contributed by atoms with Crippen molar-refractivity contribution in [3.05, 3.63) is 68.9 Å². The average Bonchev–Trinajstić information content (AvgIpc) is 2.69. The summed E-state index contributed by atoms with van der Waals surface area (Å²) in [5, 5.41) is 5.57. The molecule has 0 atom stereocenters. The Kier molecular flexibility index (Phi) is 5.74. The summed E-state index contributed by atoms with van der Waals surface area (Å²) in [5.41, 5.74) is 3.73. The molecule has 0 radical (unpaired) electrons. The Labute approximate surface area is 177 Å². The molecule has 1 fully saturated rings. The third kappa shape index (κ3) is 4.26. The highest BCUT2D eigenvalue weighted by atomic mass is 127. The first-order valence-electron chi connectivity index (χ1n) is 9.11. The molecule has 0 spiro atoms. The molecule has 4 rings (SSSR count). The number of rotatable bonds is 4. The molecule has 7 heteroatoms. The predicted octanol–water partition coefficient (Wildman–Crippen LogP) is 2.85. The SMILES string of the molecule is O=C1NC(=O)c2ccc(I)cc2C1=CNc1ccc(CN2CCOCC2)cc1. The van der Waals surface area contributed by atoms with E-state index in [0.29, 0.717) is 16.7 Å². The number of nitrogens with zero attached hydrogens (tertiary/aromatic N) is 1. The number of morpholine rings is 1. The number of hydrogen-bond acceptors (Lipinski definition) is 5. The Bertz CT molecular complexity index is 934. The smallest absolute Gasteiger partial charge is 0.260 e. The molecule has 0 unspecified atom stereocenters. The van der Waals surface area contributed by atoms with Crippen LogP contribution in [0.2, 0.25) is 0 Å². The van der Waals surface area contributed by atoms with Gasteiger partial charge in [0, 0.05) is 46.2 Å². The normalized spacial score (nSPS) is 18.7. The van der Waals surface area contributed by atoms with Gasteiger partial charge in [0.05, 0.1) is 18.8 Å². The molecule has 0 aromatic heterocycles. The van der Waals surface area contributed by atoms with Crippen molar-refractivity contribution in [3.8, 4) is 0 Å². The molecule has 2 aromatic rings. The molecular formula is C21H20IN3O3. The molecule has 0 aliphatic carbocycles. The van der Waals surface area contributed by atoms with Crippen LogP contribution in [0.1, 0.15) is 21.5 Å². The van der Waals surface area contributed by atoms with Gasteiger partial charge in [0.25, 0.3) is 11.8 Å². The van der Waals surface area contributed by atoms with Gasteiger partial charge in [-0.1, -0.05) is 12.1 Å². The van der Waals surface area contributed by atoms with Gasteiger partial charge < -0.3 is 10.1 Å². The molecule has 1 saturated heterocycles. The van der Waals surface area contributed by atoms with Gasteiger partial charge >= 0.3 is 0 Å². The summed E-state index contributed by atoms with van der Waals surface area (Å²) in [6, 6.07) is 13.6. The number of halogens is 1. The molecular weight excluding hydrogens is 469 g/mol. The van der Waals surface area contributed by atoms with Crippen LogP contribution in [0.5, 0.6) is 0 Å². The first-order valence-corrected chi connectivity index (χ1v) is 10.2. The number of ether oxygens (including phenoxy) is 1. The highest BCUT2D eigenvalue weighted by Crippen LogP contribution is 2.26. The highest BCUT2D eigenvalue weighted by molar-refractivity contribution is 14.1. The lowest BCUT2D eigenvalue weighted by atomic mass is 9.95. The van der Waals surface area contributed by atoms with Crippen LogP contribution in [0.3, 0.4) is 0 Å². The summed E-state index contributed by atoms with van der Waals surface area (Å²) in [5.74, 6) is -0.753. The molecule has 0 saturated carbocycles. The number of anilines is 1. The topological polar surface area (TPSA) is 70.7 Å². The Hall–Kier alpha value is -2.23. The van der Waals surface area contributed by atoms with Gasteiger partial charge in [0.1, 0.15) is 0 Å². The second-order valence-corrected chi connectivity index (χ2v) is 8.01. The molecule has 2 aromatic carbocycles. The second-order valence-electron chi connectivity index (χ2n) is 6.76. The number of carbonyl (C=O) groups is 2. The van der Waals surface area contributed by atoms with Crippen LogP contribution >= 0.6 is 22.6 Å². The van der Waals surface area contributed by atoms with Crippen LogP contribution in [-0.4, -0.2) is 43.0 Å². The van der Waals surface area contributed by atoms with Crippen molar-refractivity contribution in [2.75, 3.05) is 31.6 Å². The van der Waals surface area contributed by atoms with Gasteiger partial charge in [0.2, 0.25) is 0 Å². The summed E-state index contributed by atoms with van der Waals surface area (Å²) in [4.78, 5) is 26.7. The number of benzene rings is 2. The largest absolute Gasteiger partial charge is 0.379 e. The van der Waals surface area contributed by atoms with Gasteiger partial charge in [-0.25, -0.2) is 0 Å². The quantitative estimate of drug-likeness (QED) is 0.393. The first-order chi connectivity index (χ1) is 13.6. The Morgan fingerprint density at radius 2 is 1.79 bits per heavy atom. The van der Waals surface area contributed by atoms with Crippen molar-refractivity contribution in [1.29, 1.82) is 0 Å². The third-order valence-electron chi connectivity index (χ3n) is 4.84. The fourth-order valence-electron chi connectivity index (χ4n) is 3.32. The molecule has 2 aliphatic rings. The van der Waals surface area contributed by atoms with Gasteiger partial charge in [0.15, 0.2) is 0 Å². The van der Waals surface area contributed by atoms with E-state index in [9.17, 15) is 9.59 Å². The van der Waals surface area contributed by atoms with Crippen molar-refractivity contribution in [1.82, 2.24) is 10.2 Å². The zero-order chi connectivity index (χ0) is 19.5. The molecule has 2 amide bonds. The average molecular weight is 489 g/mol. The highest BCUT2D eigenvalue weighted by Gasteiger charge is 2.27. The van der Waals surface area contributed by atoms with E-state index in [0.717, 1.165) is 42.1 Å². The molecule has 6 nitrogen and oxygen atoms in total. The zero-order valence-corrected chi connectivity index (χ0v) is 17.4. The summed E-state index contributed by atoms with van der Waals surface area (Å²) in [6.07, 6.45) is 1.66. The molecule has 2 heterocycles. The van der Waals surface area contributed by atoms with Crippen LogP contribution in [0.4, 0.5) is 5.69 Å². The lowest BCUT2D eigenvalue weighted by Crippen LogP contribution is -2.36. The van der Waals surface area contributed by atoms with Crippen LogP contribution in [0, 0.1) is 3.57 Å². The van der Waals surface area contributed by atoms with Crippen LogP contribution in [0.15, 0.2) is 48.7 Å². The zero-order valence-electron chi connectivity index (χ0n) is 15.2. The summed E-state index contributed by atoms with van der Waals surface area (Å²) in [7, 11) is 0. The van der Waals surface area contributed by atoms with Gasteiger partial charge in [-0.3, -0.25) is 19.8 Å². The van der Waals surface area contributed by atoms with Gasteiger partial charge in [-0.2, -0.15) is 0 Å². The number of amides is 2. The molecule has 0 bridgehead atoms. The Morgan fingerprint density at radius 1 is 1.04 bits per heavy atom. The maximum absolute atomic E-state index is 12.3. The minimum Gasteiger partial charge on any atom is -0.379 e. The molecule has 2 aliphatic heterocycles. The van der Waals surface area contributed by atoms with Crippen LogP contribution in [-0.2, 0) is 16.1 Å². The predicted molar refractivity (Wildman–Crippen MR) is 116 cm³/mol. The minimum absolute atomic E-state index is 0.360. The van der Waals surface area contributed by atoms with Gasteiger partial charge in [-0.15, -0.1) is 0 Å².